The smallest absolute Gasteiger partial charge is 0.252 e. The van der Waals surface area contributed by atoms with E-state index in [0.29, 0.717) is 6.54 Å². The standard InChI is InChI=1S/C17H23N3O3S3/c1-13(20-7-5-15-14(11-20)6-9-24-15)10-18-16(21)12-19(2)26(22,23)17-4-3-8-25-17/h3-4,6,8-9,13H,5,7,10-12H2,1-2H3,(H,18,21). The molecule has 1 N–H and O–H groups in total. The third kappa shape index (κ3) is 4.34. The van der Waals surface area contributed by atoms with Gasteiger partial charge in [-0.1, -0.05) is 6.07 Å². The van der Waals surface area contributed by atoms with Gasteiger partial charge in [0.05, 0.1) is 6.54 Å². The van der Waals surface area contributed by atoms with Crippen molar-refractivity contribution < 1.29 is 13.2 Å². The molecule has 26 heavy (non-hydrogen) atoms. The first kappa shape index (κ1) is 19.5. The van der Waals surface area contributed by atoms with Crippen molar-refractivity contribution in [2.75, 3.05) is 26.7 Å². The molecule has 6 nitrogen and oxygen atoms in total. The zero-order chi connectivity index (χ0) is 18.7. The van der Waals surface area contributed by atoms with Crippen molar-refractivity contribution in [2.45, 2.75) is 30.1 Å². The van der Waals surface area contributed by atoms with Crippen LogP contribution in [0.1, 0.15) is 17.4 Å². The SMILES string of the molecule is CC(CNC(=O)CN(C)S(=O)(=O)c1cccs1)N1CCc2sccc2C1. The molecule has 1 atom stereocenters. The van der Waals surface area contributed by atoms with E-state index in [9.17, 15) is 13.2 Å². The Kier molecular flexibility index (Phi) is 6.13. The van der Waals surface area contributed by atoms with Crippen LogP contribution in [0.15, 0.2) is 33.2 Å². The van der Waals surface area contributed by atoms with E-state index in [1.807, 2.05) is 11.3 Å². The highest BCUT2D eigenvalue weighted by Gasteiger charge is 2.25. The van der Waals surface area contributed by atoms with Crippen LogP contribution in [0.25, 0.3) is 0 Å². The Morgan fingerprint density at radius 2 is 2.15 bits per heavy atom. The van der Waals surface area contributed by atoms with Crippen LogP contribution >= 0.6 is 22.7 Å². The molecular formula is C17H23N3O3S3. The number of hydrogen-bond acceptors (Lipinski definition) is 6. The van der Waals surface area contributed by atoms with Crippen molar-refractivity contribution in [1.29, 1.82) is 0 Å². The van der Waals surface area contributed by atoms with E-state index in [0.717, 1.165) is 35.2 Å². The second-order valence-electron chi connectivity index (χ2n) is 6.44. The van der Waals surface area contributed by atoms with Crippen molar-refractivity contribution in [3.63, 3.8) is 0 Å². The van der Waals surface area contributed by atoms with Gasteiger partial charge in [0, 0.05) is 37.6 Å². The molecule has 0 saturated heterocycles. The number of carbonyl (C=O) groups is 1. The monoisotopic (exact) mass is 413 g/mol. The number of carbonyl (C=O) groups excluding carboxylic acids is 1. The van der Waals surface area contributed by atoms with Gasteiger partial charge < -0.3 is 5.32 Å². The summed E-state index contributed by atoms with van der Waals surface area (Å²) in [4.78, 5) is 16.0. The molecule has 1 aliphatic rings. The molecule has 0 radical (unpaired) electrons. The zero-order valence-electron chi connectivity index (χ0n) is 14.8. The van der Waals surface area contributed by atoms with Crippen LogP contribution in [0.2, 0.25) is 0 Å². The van der Waals surface area contributed by atoms with Gasteiger partial charge in [-0.05, 0) is 41.8 Å². The van der Waals surface area contributed by atoms with Crippen LogP contribution in [0.4, 0.5) is 0 Å². The first-order valence-electron chi connectivity index (χ1n) is 8.44. The molecule has 0 spiro atoms. The Morgan fingerprint density at radius 3 is 2.88 bits per heavy atom. The van der Waals surface area contributed by atoms with E-state index in [4.69, 9.17) is 0 Å². The molecule has 3 rings (SSSR count). The molecule has 0 bridgehead atoms. The van der Waals surface area contributed by atoms with E-state index in [-0.39, 0.29) is 22.7 Å². The van der Waals surface area contributed by atoms with Gasteiger partial charge in [-0.15, -0.1) is 22.7 Å². The second kappa shape index (κ2) is 8.18. The largest absolute Gasteiger partial charge is 0.353 e. The maximum Gasteiger partial charge on any atom is 0.252 e. The lowest BCUT2D eigenvalue weighted by Gasteiger charge is -2.32. The molecular weight excluding hydrogens is 390 g/mol. The van der Waals surface area contributed by atoms with Gasteiger partial charge in [0.2, 0.25) is 5.91 Å². The minimum Gasteiger partial charge on any atom is -0.353 e. The highest BCUT2D eigenvalue weighted by atomic mass is 32.2. The minimum atomic E-state index is -3.60. The highest BCUT2D eigenvalue weighted by molar-refractivity contribution is 7.91. The number of hydrogen-bond donors (Lipinski definition) is 1. The summed E-state index contributed by atoms with van der Waals surface area (Å²) in [5.41, 5.74) is 1.38. The number of fused-ring (bicyclic) bond motifs is 1. The summed E-state index contributed by atoms with van der Waals surface area (Å²) >= 11 is 2.96. The summed E-state index contributed by atoms with van der Waals surface area (Å²) in [5.74, 6) is -0.285. The first-order chi connectivity index (χ1) is 12.4. The van der Waals surface area contributed by atoms with E-state index in [2.05, 4.69) is 28.6 Å². The lowest BCUT2D eigenvalue weighted by molar-refractivity contribution is -0.121. The highest BCUT2D eigenvalue weighted by Crippen LogP contribution is 2.25. The third-order valence-corrected chi connectivity index (χ3v) is 8.78. The van der Waals surface area contributed by atoms with Crippen molar-refractivity contribution in [3.05, 3.63) is 39.4 Å². The van der Waals surface area contributed by atoms with Gasteiger partial charge in [-0.3, -0.25) is 9.69 Å². The molecule has 1 aliphatic heterocycles. The second-order valence-corrected chi connectivity index (χ2v) is 10.7. The predicted octanol–water partition coefficient (Wildman–Crippen LogP) is 1.99. The van der Waals surface area contributed by atoms with Gasteiger partial charge in [-0.25, -0.2) is 8.42 Å². The van der Waals surface area contributed by atoms with E-state index in [1.54, 1.807) is 17.5 Å². The van der Waals surface area contributed by atoms with Gasteiger partial charge in [0.25, 0.3) is 10.0 Å². The Hall–Kier alpha value is -1.26. The molecule has 1 unspecified atom stereocenters. The van der Waals surface area contributed by atoms with Crippen LogP contribution in [-0.2, 0) is 27.8 Å². The molecule has 0 aliphatic carbocycles. The van der Waals surface area contributed by atoms with Crippen molar-refractivity contribution >= 4 is 38.6 Å². The quantitative estimate of drug-likeness (QED) is 0.754. The van der Waals surface area contributed by atoms with Crippen molar-refractivity contribution in [3.8, 4) is 0 Å². The van der Waals surface area contributed by atoms with E-state index >= 15 is 0 Å². The molecule has 0 fully saturated rings. The van der Waals surface area contributed by atoms with Crippen molar-refractivity contribution in [2.24, 2.45) is 0 Å². The summed E-state index contributed by atoms with van der Waals surface area (Å²) in [6, 6.07) is 5.60. The first-order valence-corrected chi connectivity index (χ1v) is 11.6. The molecule has 3 heterocycles. The van der Waals surface area contributed by atoms with Crippen LogP contribution < -0.4 is 5.32 Å². The third-order valence-electron chi connectivity index (χ3n) is 4.58. The normalized spacial score (nSPS) is 16.4. The number of sulfonamides is 1. The summed E-state index contributed by atoms with van der Waals surface area (Å²) < 4.78 is 26.1. The maximum absolute atomic E-state index is 12.4. The summed E-state index contributed by atoms with van der Waals surface area (Å²) in [6.45, 7) is 4.30. The maximum atomic E-state index is 12.4. The summed E-state index contributed by atoms with van der Waals surface area (Å²) in [6.07, 6.45) is 1.05. The lowest BCUT2D eigenvalue weighted by atomic mass is 10.1. The molecule has 142 valence electrons. The summed E-state index contributed by atoms with van der Waals surface area (Å²) in [7, 11) is -2.16. The van der Waals surface area contributed by atoms with E-state index < -0.39 is 10.0 Å². The molecule has 0 aromatic carbocycles. The Bertz CT molecular complexity index is 846. The molecule has 2 aromatic heterocycles. The average molecular weight is 414 g/mol. The number of nitrogens with zero attached hydrogens (tertiary/aromatic N) is 2. The molecule has 1 amide bonds. The average Bonchev–Trinajstić information content (AvgIpc) is 3.30. The fraction of sp³-hybridized carbons (Fsp3) is 0.471. The van der Waals surface area contributed by atoms with Crippen LogP contribution in [0.5, 0.6) is 0 Å². The number of thiophene rings is 2. The molecule has 0 saturated carbocycles. The van der Waals surface area contributed by atoms with Crippen LogP contribution in [0, 0.1) is 0 Å². The topological polar surface area (TPSA) is 69.7 Å². The Balaban J connectivity index is 1.48. The summed E-state index contributed by atoms with van der Waals surface area (Å²) in [5, 5.41) is 6.70. The Labute approximate surface area is 162 Å². The number of amides is 1. The predicted molar refractivity (Wildman–Crippen MR) is 105 cm³/mol. The number of rotatable bonds is 7. The van der Waals surface area contributed by atoms with Crippen LogP contribution in [0.3, 0.4) is 0 Å². The van der Waals surface area contributed by atoms with Gasteiger partial charge >= 0.3 is 0 Å². The van der Waals surface area contributed by atoms with Crippen LogP contribution in [-0.4, -0.2) is 56.3 Å². The fourth-order valence-electron chi connectivity index (χ4n) is 2.94. The Morgan fingerprint density at radius 1 is 1.35 bits per heavy atom. The van der Waals surface area contributed by atoms with Gasteiger partial charge in [0.1, 0.15) is 4.21 Å². The zero-order valence-corrected chi connectivity index (χ0v) is 17.3. The molecule has 9 heteroatoms. The fourth-order valence-corrected chi connectivity index (χ4v) is 6.16. The number of likely N-dealkylation sites (N-methyl/N-ethyl adjacent to an activating group) is 1. The minimum absolute atomic E-state index is 0.179. The van der Waals surface area contributed by atoms with Crippen molar-refractivity contribution in [1.82, 2.24) is 14.5 Å². The molecule has 2 aromatic rings. The van der Waals surface area contributed by atoms with Gasteiger partial charge in [0.15, 0.2) is 0 Å². The lowest BCUT2D eigenvalue weighted by Crippen LogP contribution is -2.46. The van der Waals surface area contributed by atoms with Gasteiger partial charge in [-0.2, -0.15) is 4.31 Å². The van der Waals surface area contributed by atoms with E-state index in [1.165, 1.54) is 17.5 Å². The number of nitrogens with one attached hydrogen (secondary N) is 1.